The fourth-order valence-corrected chi connectivity index (χ4v) is 1.46. The van der Waals surface area contributed by atoms with Crippen LogP contribution in [0.4, 0.5) is 8.78 Å². The van der Waals surface area contributed by atoms with E-state index in [0.717, 1.165) is 0 Å². The molecule has 0 aliphatic heterocycles. The van der Waals surface area contributed by atoms with Gasteiger partial charge in [0.05, 0.1) is 6.42 Å². The van der Waals surface area contributed by atoms with Gasteiger partial charge >= 0.3 is 5.97 Å². The molecule has 0 saturated heterocycles. The Labute approximate surface area is 93.3 Å². The molecule has 0 fully saturated rings. The molecule has 1 aromatic heterocycles. The smallest absolute Gasteiger partial charge is 0.307 e. The number of carbonyl (C=O) groups is 1. The first-order valence-electron chi connectivity index (χ1n) is 4.07. The largest absolute Gasteiger partial charge is 0.481 e. The predicted octanol–water partition coefficient (Wildman–Crippen LogP) is 2.72. The van der Waals surface area contributed by atoms with E-state index in [-0.39, 0.29) is 5.56 Å². The fourth-order valence-electron chi connectivity index (χ4n) is 1.15. The van der Waals surface area contributed by atoms with Gasteiger partial charge in [-0.1, -0.05) is 6.07 Å². The molecule has 0 aromatic carbocycles. The van der Waals surface area contributed by atoms with Crippen molar-refractivity contribution in [3.05, 3.63) is 27.5 Å². The number of hydrogen-bond donors (Lipinski definition) is 1. The number of aryl methyl sites for hydroxylation is 1. The summed E-state index contributed by atoms with van der Waals surface area (Å²) in [5, 5.41) is 8.55. The Morgan fingerprint density at radius 3 is 2.73 bits per heavy atom. The molecule has 82 valence electrons. The summed E-state index contributed by atoms with van der Waals surface area (Å²) in [4.78, 5) is 14.1. The van der Waals surface area contributed by atoms with Gasteiger partial charge in [-0.05, 0) is 34.0 Å². The first-order chi connectivity index (χ1) is 6.91. The molecule has 6 heteroatoms. The predicted molar refractivity (Wildman–Crippen MR) is 53.0 cm³/mol. The summed E-state index contributed by atoms with van der Waals surface area (Å²) < 4.78 is 25.3. The highest BCUT2D eigenvalue weighted by molar-refractivity contribution is 9.10. The van der Waals surface area contributed by atoms with E-state index in [1.165, 1.54) is 6.07 Å². The van der Waals surface area contributed by atoms with E-state index in [9.17, 15) is 13.6 Å². The molecule has 1 aromatic rings. The Balaban J connectivity index is 3.21. The first-order valence-corrected chi connectivity index (χ1v) is 4.87. The number of rotatable bonds is 3. The lowest BCUT2D eigenvalue weighted by Gasteiger charge is -2.08. The molecule has 1 N–H and O–H groups in total. The quantitative estimate of drug-likeness (QED) is 0.866. The van der Waals surface area contributed by atoms with Gasteiger partial charge < -0.3 is 5.11 Å². The van der Waals surface area contributed by atoms with Gasteiger partial charge in [-0.3, -0.25) is 4.79 Å². The van der Waals surface area contributed by atoms with Crippen molar-refractivity contribution in [2.75, 3.05) is 0 Å². The highest BCUT2D eigenvalue weighted by Crippen LogP contribution is 2.25. The minimum atomic E-state index is -2.77. The highest BCUT2D eigenvalue weighted by atomic mass is 79.9. The van der Waals surface area contributed by atoms with Gasteiger partial charge in [-0.2, -0.15) is 0 Å². The lowest BCUT2D eigenvalue weighted by Crippen LogP contribution is -2.07. The normalized spacial score (nSPS) is 10.7. The van der Waals surface area contributed by atoms with Crippen molar-refractivity contribution in [3.63, 3.8) is 0 Å². The maximum Gasteiger partial charge on any atom is 0.307 e. The molecule has 3 nitrogen and oxygen atoms in total. The monoisotopic (exact) mass is 279 g/mol. The zero-order valence-electron chi connectivity index (χ0n) is 7.80. The van der Waals surface area contributed by atoms with E-state index < -0.39 is 24.5 Å². The van der Waals surface area contributed by atoms with Crippen LogP contribution in [0, 0.1) is 6.92 Å². The minimum absolute atomic E-state index is 0.0539. The Hall–Kier alpha value is -1.04. The van der Waals surface area contributed by atoms with Crippen molar-refractivity contribution in [2.45, 2.75) is 19.8 Å². The van der Waals surface area contributed by atoms with Gasteiger partial charge in [-0.15, -0.1) is 0 Å². The van der Waals surface area contributed by atoms with Gasteiger partial charge in [-0.25, -0.2) is 13.8 Å². The standard InChI is InChI=1S/C9H8BrF2NO2/c1-4-2-5(3-6(14)15)7(9(11)12)13-8(4)10/h2,9H,3H2,1H3,(H,14,15). The van der Waals surface area contributed by atoms with Gasteiger partial charge in [0.25, 0.3) is 6.43 Å². The molecule has 0 aliphatic rings. The fraction of sp³-hybridized carbons (Fsp3) is 0.333. The van der Waals surface area contributed by atoms with Crippen LogP contribution in [0.25, 0.3) is 0 Å². The minimum Gasteiger partial charge on any atom is -0.481 e. The van der Waals surface area contributed by atoms with Crippen LogP contribution in [0.2, 0.25) is 0 Å². The van der Waals surface area contributed by atoms with Crippen molar-refractivity contribution in [1.82, 2.24) is 4.98 Å². The lowest BCUT2D eigenvalue weighted by atomic mass is 10.1. The van der Waals surface area contributed by atoms with Crippen molar-refractivity contribution >= 4 is 21.9 Å². The average Bonchev–Trinajstić information content (AvgIpc) is 2.09. The van der Waals surface area contributed by atoms with Crippen molar-refractivity contribution in [2.24, 2.45) is 0 Å². The van der Waals surface area contributed by atoms with Gasteiger partial charge in [0.15, 0.2) is 0 Å². The van der Waals surface area contributed by atoms with Crippen molar-refractivity contribution in [3.8, 4) is 0 Å². The first kappa shape index (κ1) is 12.0. The average molecular weight is 280 g/mol. The second-order valence-electron chi connectivity index (χ2n) is 3.01. The van der Waals surface area contributed by atoms with E-state index in [4.69, 9.17) is 5.11 Å². The molecule has 0 radical (unpaired) electrons. The van der Waals surface area contributed by atoms with Crippen LogP contribution in [0.5, 0.6) is 0 Å². The number of alkyl halides is 2. The van der Waals surface area contributed by atoms with E-state index in [0.29, 0.717) is 10.2 Å². The Bertz CT molecular complexity index is 396. The summed E-state index contributed by atoms with van der Waals surface area (Å²) in [5.41, 5.74) is 0.212. The summed E-state index contributed by atoms with van der Waals surface area (Å²) in [6, 6.07) is 1.41. The van der Waals surface area contributed by atoms with Crippen LogP contribution >= 0.6 is 15.9 Å². The topological polar surface area (TPSA) is 50.2 Å². The second kappa shape index (κ2) is 4.65. The summed E-state index contributed by atoms with van der Waals surface area (Å²) in [5.74, 6) is -1.15. The number of nitrogens with zero attached hydrogens (tertiary/aromatic N) is 1. The van der Waals surface area contributed by atoms with Crippen molar-refractivity contribution < 1.29 is 18.7 Å². The van der Waals surface area contributed by atoms with Crippen molar-refractivity contribution in [1.29, 1.82) is 0 Å². The number of aromatic nitrogens is 1. The SMILES string of the molecule is Cc1cc(CC(=O)O)c(C(F)F)nc1Br. The van der Waals surface area contributed by atoms with E-state index in [2.05, 4.69) is 20.9 Å². The number of pyridine rings is 1. The maximum absolute atomic E-state index is 12.5. The molecule has 0 unspecified atom stereocenters. The Kier molecular flexibility index (Phi) is 3.73. The summed E-state index contributed by atoms with van der Waals surface area (Å²) in [6.07, 6.45) is -3.21. The molecular formula is C9H8BrF2NO2. The van der Waals surface area contributed by atoms with E-state index in [1.54, 1.807) is 6.92 Å². The van der Waals surface area contributed by atoms with Crippen LogP contribution in [0.15, 0.2) is 10.7 Å². The zero-order valence-corrected chi connectivity index (χ0v) is 9.38. The second-order valence-corrected chi connectivity index (χ2v) is 3.76. The molecule has 0 bridgehead atoms. The molecular weight excluding hydrogens is 272 g/mol. The zero-order chi connectivity index (χ0) is 11.6. The van der Waals surface area contributed by atoms with Gasteiger partial charge in [0.2, 0.25) is 0 Å². The number of aliphatic carboxylic acids is 1. The Morgan fingerprint density at radius 2 is 2.27 bits per heavy atom. The summed E-state index contributed by atoms with van der Waals surface area (Å²) in [6.45, 7) is 1.66. The van der Waals surface area contributed by atoms with Crippen LogP contribution in [-0.2, 0) is 11.2 Å². The van der Waals surface area contributed by atoms with Crippen LogP contribution < -0.4 is 0 Å². The summed E-state index contributed by atoms with van der Waals surface area (Å²) in [7, 11) is 0. The number of carboxylic acid groups (broad SMARTS) is 1. The molecule has 0 aliphatic carbocycles. The molecule has 1 rings (SSSR count). The highest BCUT2D eigenvalue weighted by Gasteiger charge is 2.18. The van der Waals surface area contributed by atoms with Crippen LogP contribution in [0.1, 0.15) is 23.2 Å². The van der Waals surface area contributed by atoms with E-state index >= 15 is 0 Å². The van der Waals surface area contributed by atoms with Gasteiger partial charge in [0, 0.05) is 0 Å². The number of halogens is 3. The molecule has 1 heterocycles. The molecule has 0 saturated carbocycles. The third-order valence-corrected chi connectivity index (χ3v) is 2.61. The number of carboxylic acids is 1. The lowest BCUT2D eigenvalue weighted by molar-refractivity contribution is -0.136. The van der Waals surface area contributed by atoms with Crippen LogP contribution in [-0.4, -0.2) is 16.1 Å². The maximum atomic E-state index is 12.5. The summed E-state index contributed by atoms with van der Waals surface area (Å²) >= 11 is 3.02. The molecule has 0 amide bonds. The van der Waals surface area contributed by atoms with Crippen LogP contribution in [0.3, 0.4) is 0 Å². The van der Waals surface area contributed by atoms with E-state index in [1.807, 2.05) is 0 Å². The Morgan fingerprint density at radius 1 is 1.67 bits per heavy atom. The molecule has 15 heavy (non-hydrogen) atoms. The molecule has 0 atom stereocenters. The molecule has 0 spiro atoms. The third kappa shape index (κ3) is 2.95. The van der Waals surface area contributed by atoms with Gasteiger partial charge in [0.1, 0.15) is 10.3 Å². The number of hydrogen-bond acceptors (Lipinski definition) is 2. The third-order valence-electron chi connectivity index (χ3n) is 1.81.